The Balaban J connectivity index is 1.23. The minimum Gasteiger partial charge on any atom is -0.381 e. The van der Waals surface area contributed by atoms with Crippen LogP contribution in [0.1, 0.15) is 35.4 Å². The molecule has 5 heteroatoms. The highest BCUT2D eigenvalue weighted by Crippen LogP contribution is 2.37. The highest BCUT2D eigenvalue weighted by Gasteiger charge is 2.45. The summed E-state index contributed by atoms with van der Waals surface area (Å²) in [5.41, 5.74) is 0.0483. The number of hydrogen-bond acceptors (Lipinski definition) is 5. The summed E-state index contributed by atoms with van der Waals surface area (Å²) in [4.78, 5) is 5.42. The molecule has 3 fully saturated rings. The molecule has 0 unspecified atom stereocenters. The van der Waals surface area contributed by atoms with Gasteiger partial charge in [-0.15, -0.1) is 11.3 Å². The molecule has 3 aliphatic rings. The van der Waals surface area contributed by atoms with E-state index in [-0.39, 0.29) is 11.7 Å². The fourth-order valence-corrected chi connectivity index (χ4v) is 5.16. The number of rotatable bonds is 5. The lowest BCUT2D eigenvalue weighted by molar-refractivity contribution is -0.0188. The first-order valence-electron chi connectivity index (χ1n) is 9.32. The Morgan fingerprint density at radius 1 is 1.33 bits per heavy atom. The minimum atomic E-state index is 0.0483. The Morgan fingerprint density at radius 3 is 3.00 bits per heavy atom. The molecule has 0 aromatic carbocycles. The van der Waals surface area contributed by atoms with E-state index in [9.17, 15) is 0 Å². The Morgan fingerprint density at radius 2 is 2.21 bits per heavy atom. The van der Waals surface area contributed by atoms with Crippen molar-refractivity contribution in [2.75, 3.05) is 39.5 Å². The van der Waals surface area contributed by atoms with Crippen LogP contribution >= 0.6 is 11.3 Å². The first-order valence-corrected chi connectivity index (χ1v) is 10.1. The van der Waals surface area contributed by atoms with Crippen LogP contribution in [0.4, 0.5) is 0 Å². The molecule has 2 atom stereocenters. The number of aryl methyl sites for hydroxylation is 1. The second kappa shape index (κ2) is 7.42. The molecule has 4 rings (SSSR count). The van der Waals surface area contributed by atoms with Crippen LogP contribution in [-0.4, -0.2) is 56.1 Å². The average molecular weight is 352 g/mol. The van der Waals surface area contributed by atoms with E-state index in [1.165, 1.54) is 9.75 Å². The van der Waals surface area contributed by atoms with E-state index in [2.05, 4.69) is 24.0 Å². The van der Waals surface area contributed by atoms with Gasteiger partial charge in [-0.2, -0.15) is 0 Å². The van der Waals surface area contributed by atoms with Crippen molar-refractivity contribution in [1.82, 2.24) is 4.90 Å². The van der Waals surface area contributed by atoms with Crippen LogP contribution in [0.25, 0.3) is 0 Å². The molecular weight excluding hydrogens is 322 g/mol. The molecule has 0 N–H and O–H groups in total. The number of nitrogens with zero attached hydrogens (tertiary/aromatic N) is 1. The minimum absolute atomic E-state index is 0.0483. The smallest absolute Gasteiger partial charge is 0.0847 e. The van der Waals surface area contributed by atoms with Crippen LogP contribution in [0.5, 0.6) is 0 Å². The van der Waals surface area contributed by atoms with Gasteiger partial charge < -0.3 is 14.2 Å². The van der Waals surface area contributed by atoms with Crippen molar-refractivity contribution in [1.29, 1.82) is 0 Å². The summed E-state index contributed by atoms with van der Waals surface area (Å²) in [7, 11) is 0. The van der Waals surface area contributed by atoms with Gasteiger partial charge in [-0.3, -0.25) is 4.90 Å². The van der Waals surface area contributed by atoms with Gasteiger partial charge in [0.2, 0.25) is 0 Å². The van der Waals surface area contributed by atoms with Gasteiger partial charge in [0.25, 0.3) is 0 Å². The van der Waals surface area contributed by atoms with E-state index in [0.29, 0.717) is 5.92 Å². The van der Waals surface area contributed by atoms with Crippen LogP contribution in [0.3, 0.4) is 0 Å². The van der Waals surface area contributed by atoms with E-state index in [1.807, 2.05) is 11.3 Å². The summed E-state index contributed by atoms with van der Waals surface area (Å²) in [5, 5.41) is 0. The maximum atomic E-state index is 6.24. The third-order valence-corrected chi connectivity index (χ3v) is 6.64. The molecule has 134 valence electrons. The molecule has 3 aliphatic heterocycles. The fraction of sp³-hybridized carbons (Fsp3) is 0.789. The van der Waals surface area contributed by atoms with Crippen LogP contribution in [0, 0.1) is 12.8 Å². The zero-order valence-corrected chi connectivity index (χ0v) is 15.5. The number of likely N-dealkylation sites (tertiary alicyclic amines) is 1. The Bertz CT molecular complexity index is 542. The predicted molar refractivity (Wildman–Crippen MR) is 95.5 cm³/mol. The van der Waals surface area contributed by atoms with Crippen molar-refractivity contribution >= 4 is 11.3 Å². The van der Waals surface area contributed by atoms with Crippen molar-refractivity contribution in [3.63, 3.8) is 0 Å². The number of thiophene rings is 1. The van der Waals surface area contributed by atoms with Gasteiger partial charge in [0.1, 0.15) is 0 Å². The summed E-state index contributed by atoms with van der Waals surface area (Å²) in [5.74, 6) is 0.678. The van der Waals surface area contributed by atoms with Gasteiger partial charge in [0.05, 0.1) is 24.9 Å². The Kier molecular flexibility index (Phi) is 5.25. The van der Waals surface area contributed by atoms with Gasteiger partial charge in [-0.05, 0) is 44.2 Å². The normalized spacial score (nSPS) is 32.1. The highest BCUT2D eigenvalue weighted by atomic mass is 32.1. The SMILES string of the molecule is Cc1ccc(CN2CC[C@]3(C[C@@H](OCC4CCOCC4)CO3)C2)s1. The summed E-state index contributed by atoms with van der Waals surface area (Å²) >= 11 is 1.91. The quantitative estimate of drug-likeness (QED) is 0.815. The molecule has 0 radical (unpaired) electrons. The first-order chi connectivity index (χ1) is 11.7. The molecule has 1 spiro atoms. The lowest BCUT2D eigenvalue weighted by Crippen LogP contribution is -2.33. The van der Waals surface area contributed by atoms with Crippen molar-refractivity contribution in [2.45, 2.75) is 50.9 Å². The van der Waals surface area contributed by atoms with Gasteiger partial charge in [-0.1, -0.05) is 0 Å². The molecule has 1 aromatic heterocycles. The van der Waals surface area contributed by atoms with Crippen molar-refractivity contribution < 1.29 is 14.2 Å². The summed E-state index contributed by atoms with van der Waals surface area (Å²) in [6.45, 7) is 8.90. The summed E-state index contributed by atoms with van der Waals surface area (Å²) in [6, 6.07) is 4.48. The van der Waals surface area contributed by atoms with E-state index >= 15 is 0 Å². The topological polar surface area (TPSA) is 30.9 Å². The van der Waals surface area contributed by atoms with Crippen molar-refractivity contribution in [2.24, 2.45) is 5.92 Å². The highest BCUT2D eigenvalue weighted by molar-refractivity contribution is 7.11. The Labute approximate surface area is 149 Å². The molecule has 0 saturated carbocycles. The molecule has 0 aliphatic carbocycles. The van der Waals surface area contributed by atoms with Gasteiger partial charge in [-0.25, -0.2) is 0 Å². The van der Waals surface area contributed by atoms with E-state index < -0.39 is 0 Å². The average Bonchev–Trinajstić information content (AvgIpc) is 3.29. The third kappa shape index (κ3) is 4.02. The Hall–Kier alpha value is -0.460. The molecule has 0 amide bonds. The first kappa shape index (κ1) is 17.0. The molecular formula is C19H29NO3S. The molecule has 3 saturated heterocycles. The van der Waals surface area contributed by atoms with Gasteiger partial charge >= 0.3 is 0 Å². The van der Waals surface area contributed by atoms with Crippen molar-refractivity contribution in [3.05, 3.63) is 21.9 Å². The van der Waals surface area contributed by atoms with Gasteiger partial charge in [0.15, 0.2) is 0 Å². The molecule has 0 bridgehead atoms. The lowest BCUT2D eigenvalue weighted by Gasteiger charge is -2.24. The van der Waals surface area contributed by atoms with Crippen LogP contribution in [0.15, 0.2) is 12.1 Å². The maximum absolute atomic E-state index is 6.24. The number of hydrogen-bond donors (Lipinski definition) is 0. The third-order valence-electron chi connectivity index (χ3n) is 5.65. The lowest BCUT2D eigenvalue weighted by atomic mass is 9.98. The maximum Gasteiger partial charge on any atom is 0.0847 e. The van der Waals surface area contributed by atoms with Crippen molar-refractivity contribution in [3.8, 4) is 0 Å². The molecule has 4 nitrogen and oxygen atoms in total. The summed E-state index contributed by atoms with van der Waals surface area (Å²) < 4.78 is 17.9. The summed E-state index contributed by atoms with van der Waals surface area (Å²) in [6.07, 6.45) is 4.79. The second-order valence-corrected chi connectivity index (χ2v) is 9.05. The van der Waals surface area contributed by atoms with Crippen LogP contribution in [-0.2, 0) is 20.8 Å². The van der Waals surface area contributed by atoms with Gasteiger partial charge in [0, 0.05) is 49.0 Å². The predicted octanol–water partition coefficient (Wildman–Crippen LogP) is 3.23. The molecule has 4 heterocycles. The van der Waals surface area contributed by atoms with Crippen LogP contribution in [0.2, 0.25) is 0 Å². The molecule has 1 aromatic rings. The zero-order chi connectivity index (χ0) is 16.4. The molecule has 24 heavy (non-hydrogen) atoms. The van der Waals surface area contributed by atoms with E-state index in [0.717, 1.165) is 71.7 Å². The zero-order valence-electron chi connectivity index (χ0n) is 14.7. The van der Waals surface area contributed by atoms with E-state index in [1.54, 1.807) is 0 Å². The van der Waals surface area contributed by atoms with E-state index in [4.69, 9.17) is 14.2 Å². The second-order valence-electron chi connectivity index (χ2n) is 7.68. The number of ether oxygens (including phenoxy) is 3. The van der Waals surface area contributed by atoms with Crippen LogP contribution < -0.4 is 0 Å². The standard InChI is InChI=1S/C19H29NO3S/c1-15-2-3-18(24-15)11-20-7-6-19(14-20)10-17(13-23-19)22-12-16-4-8-21-9-5-16/h2-3,16-17H,4-14H2,1H3/t17-,19+/m1/s1. The monoisotopic (exact) mass is 351 g/mol. The fourth-order valence-electron chi connectivity index (χ4n) is 4.23. The largest absolute Gasteiger partial charge is 0.381 e.